The fourth-order valence-electron chi connectivity index (χ4n) is 2.60. The summed E-state index contributed by atoms with van der Waals surface area (Å²) in [6, 6.07) is 9.19. The summed E-state index contributed by atoms with van der Waals surface area (Å²) in [5.41, 5.74) is 3.50. The zero-order valence-corrected chi connectivity index (χ0v) is 12.5. The predicted molar refractivity (Wildman–Crippen MR) is 80.9 cm³/mol. The van der Waals surface area contributed by atoms with E-state index in [1.165, 1.54) is 0 Å². The van der Waals surface area contributed by atoms with Gasteiger partial charge in [0.15, 0.2) is 0 Å². The fourth-order valence-corrected chi connectivity index (χ4v) is 3.15. The molecule has 1 heterocycles. The largest absolute Gasteiger partial charge is 0.493 e. The van der Waals surface area contributed by atoms with Crippen molar-refractivity contribution in [1.82, 2.24) is 0 Å². The lowest BCUT2D eigenvalue weighted by molar-refractivity contribution is 0.213. The smallest absolute Gasteiger partial charge is 0.128 e. The monoisotopic (exact) mass is 308 g/mol. The molecule has 0 saturated carbocycles. The molecule has 2 aromatic carbocycles. The summed E-state index contributed by atoms with van der Waals surface area (Å²) < 4.78 is 5.64. The number of rotatable bonds is 2. The number of aliphatic hydroxyl groups is 1. The lowest BCUT2D eigenvalue weighted by Gasteiger charge is -2.16. The van der Waals surface area contributed by atoms with Gasteiger partial charge >= 0.3 is 0 Å². The van der Waals surface area contributed by atoms with Gasteiger partial charge in [-0.25, -0.2) is 0 Å². The quantitative estimate of drug-likeness (QED) is 0.895. The van der Waals surface area contributed by atoms with Crippen LogP contribution in [0.3, 0.4) is 0 Å². The number of hydrogen-bond donors (Lipinski definition) is 1. The Morgan fingerprint density at radius 1 is 1.10 bits per heavy atom. The summed E-state index contributed by atoms with van der Waals surface area (Å²) in [6.45, 7) is 2.57. The van der Waals surface area contributed by atoms with Crippen LogP contribution >= 0.6 is 23.2 Å². The summed E-state index contributed by atoms with van der Waals surface area (Å²) in [5, 5.41) is 11.9. The van der Waals surface area contributed by atoms with E-state index >= 15 is 0 Å². The Hall–Kier alpha value is -1.22. The third-order valence-corrected chi connectivity index (χ3v) is 3.89. The maximum atomic E-state index is 10.6. The predicted octanol–water partition coefficient (Wildman–Crippen LogP) is 4.32. The van der Waals surface area contributed by atoms with Crippen molar-refractivity contribution in [3.63, 3.8) is 0 Å². The van der Waals surface area contributed by atoms with Crippen molar-refractivity contribution in [2.75, 3.05) is 6.61 Å². The molecule has 4 heteroatoms. The van der Waals surface area contributed by atoms with E-state index in [0.717, 1.165) is 28.9 Å². The van der Waals surface area contributed by atoms with Gasteiger partial charge in [0.2, 0.25) is 0 Å². The lowest BCUT2D eigenvalue weighted by atomic mass is 9.97. The van der Waals surface area contributed by atoms with E-state index in [9.17, 15) is 5.11 Å². The average Bonchev–Trinajstić information content (AvgIpc) is 2.83. The first-order valence-electron chi connectivity index (χ1n) is 6.45. The first kappa shape index (κ1) is 13.7. The van der Waals surface area contributed by atoms with E-state index in [1.807, 2.05) is 25.1 Å². The number of ether oxygens (including phenoxy) is 1. The van der Waals surface area contributed by atoms with Crippen molar-refractivity contribution >= 4 is 23.2 Å². The van der Waals surface area contributed by atoms with E-state index in [1.54, 1.807) is 12.1 Å². The van der Waals surface area contributed by atoms with Gasteiger partial charge in [-0.15, -0.1) is 0 Å². The molecule has 1 N–H and O–H groups in total. The Kier molecular flexibility index (Phi) is 3.63. The summed E-state index contributed by atoms with van der Waals surface area (Å²) in [7, 11) is 0. The molecule has 2 nitrogen and oxygen atoms in total. The molecular weight excluding hydrogens is 295 g/mol. The van der Waals surface area contributed by atoms with E-state index in [2.05, 4.69) is 0 Å². The molecule has 1 aliphatic heterocycles. The molecular formula is C16H14Cl2O2. The Morgan fingerprint density at radius 3 is 2.60 bits per heavy atom. The first-order valence-corrected chi connectivity index (χ1v) is 7.20. The van der Waals surface area contributed by atoms with Crippen molar-refractivity contribution < 1.29 is 9.84 Å². The Labute approximate surface area is 127 Å². The number of fused-ring (bicyclic) bond motifs is 1. The van der Waals surface area contributed by atoms with Crippen LogP contribution < -0.4 is 4.74 Å². The van der Waals surface area contributed by atoms with Crippen LogP contribution in [0.4, 0.5) is 0 Å². The lowest BCUT2D eigenvalue weighted by Crippen LogP contribution is -2.03. The minimum Gasteiger partial charge on any atom is -0.493 e. The highest BCUT2D eigenvalue weighted by molar-refractivity contribution is 6.31. The first-order chi connectivity index (χ1) is 9.54. The Morgan fingerprint density at radius 2 is 1.85 bits per heavy atom. The third-order valence-electron chi connectivity index (χ3n) is 3.45. The molecule has 3 rings (SSSR count). The molecule has 20 heavy (non-hydrogen) atoms. The second kappa shape index (κ2) is 5.28. The maximum Gasteiger partial charge on any atom is 0.128 e. The van der Waals surface area contributed by atoms with Gasteiger partial charge in [0.25, 0.3) is 0 Å². The van der Waals surface area contributed by atoms with Gasteiger partial charge in [0, 0.05) is 22.0 Å². The standard InChI is InChI=1S/C16H14Cl2O2/c1-9-4-11(7-12(17)5-9)15(19)14-8-13(18)6-10-2-3-20-16(10)14/h4-8,15,19H,2-3H2,1H3. The number of benzene rings is 2. The van der Waals surface area contributed by atoms with E-state index < -0.39 is 6.10 Å². The SMILES string of the molecule is Cc1cc(Cl)cc(C(O)c2cc(Cl)cc3c2OCC3)c1. The van der Waals surface area contributed by atoms with E-state index in [-0.39, 0.29) is 0 Å². The number of halogens is 2. The van der Waals surface area contributed by atoms with Gasteiger partial charge < -0.3 is 9.84 Å². The molecule has 1 aliphatic rings. The minimum absolute atomic E-state index is 0.610. The molecule has 0 radical (unpaired) electrons. The summed E-state index contributed by atoms with van der Waals surface area (Å²) in [5.74, 6) is 0.750. The van der Waals surface area contributed by atoms with Crippen LogP contribution in [0.25, 0.3) is 0 Å². The maximum absolute atomic E-state index is 10.6. The Balaban J connectivity index is 2.08. The summed E-state index contributed by atoms with van der Waals surface area (Å²) in [4.78, 5) is 0. The molecule has 2 aromatic rings. The minimum atomic E-state index is -0.794. The van der Waals surface area contributed by atoms with E-state index in [4.69, 9.17) is 27.9 Å². The van der Waals surface area contributed by atoms with Crippen LogP contribution in [-0.2, 0) is 6.42 Å². The second-order valence-electron chi connectivity index (χ2n) is 5.05. The zero-order valence-electron chi connectivity index (χ0n) is 11.0. The Bertz CT molecular complexity index is 648. The molecule has 0 fully saturated rings. The fraction of sp³-hybridized carbons (Fsp3) is 0.250. The second-order valence-corrected chi connectivity index (χ2v) is 5.92. The molecule has 1 unspecified atom stereocenters. The van der Waals surface area contributed by atoms with Crippen LogP contribution in [0.1, 0.15) is 28.4 Å². The highest BCUT2D eigenvalue weighted by Gasteiger charge is 2.23. The normalized spacial score (nSPS) is 14.8. The summed E-state index contributed by atoms with van der Waals surface area (Å²) >= 11 is 12.2. The van der Waals surface area contributed by atoms with Crippen LogP contribution in [0.15, 0.2) is 30.3 Å². The molecule has 0 aromatic heterocycles. The van der Waals surface area contributed by atoms with Crippen LogP contribution in [0, 0.1) is 6.92 Å². The van der Waals surface area contributed by atoms with Gasteiger partial charge in [-0.1, -0.05) is 29.3 Å². The van der Waals surface area contributed by atoms with Crippen molar-refractivity contribution in [1.29, 1.82) is 0 Å². The van der Waals surface area contributed by atoms with Crippen molar-refractivity contribution in [2.45, 2.75) is 19.4 Å². The van der Waals surface area contributed by atoms with Gasteiger partial charge in [-0.3, -0.25) is 0 Å². The third kappa shape index (κ3) is 2.51. The topological polar surface area (TPSA) is 29.5 Å². The number of aliphatic hydroxyl groups excluding tert-OH is 1. The molecule has 0 amide bonds. The van der Waals surface area contributed by atoms with Crippen LogP contribution in [-0.4, -0.2) is 11.7 Å². The van der Waals surface area contributed by atoms with E-state index in [0.29, 0.717) is 22.2 Å². The van der Waals surface area contributed by atoms with Crippen LogP contribution in [0.5, 0.6) is 5.75 Å². The van der Waals surface area contributed by atoms with Gasteiger partial charge in [0.05, 0.1) is 6.61 Å². The molecule has 0 saturated heterocycles. The zero-order chi connectivity index (χ0) is 14.3. The highest BCUT2D eigenvalue weighted by atomic mass is 35.5. The molecule has 0 aliphatic carbocycles. The van der Waals surface area contributed by atoms with Gasteiger partial charge in [0.1, 0.15) is 11.9 Å². The van der Waals surface area contributed by atoms with Gasteiger partial charge in [-0.05, 0) is 47.9 Å². The van der Waals surface area contributed by atoms with Crippen LogP contribution in [0.2, 0.25) is 10.0 Å². The van der Waals surface area contributed by atoms with Crippen molar-refractivity contribution in [2.24, 2.45) is 0 Å². The molecule has 104 valence electrons. The summed E-state index contributed by atoms with van der Waals surface area (Å²) in [6.07, 6.45) is 0.0300. The van der Waals surface area contributed by atoms with Crippen molar-refractivity contribution in [3.8, 4) is 5.75 Å². The number of hydrogen-bond acceptors (Lipinski definition) is 2. The molecule has 1 atom stereocenters. The highest BCUT2D eigenvalue weighted by Crippen LogP contribution is 2.39. The molecule has 0 spiro atoms. The van der Waals surface area contributed by atoms with Gasteiger partial charge in [-0.2, -0.15) is 0 Å². The average molecular weight is 309 g/mol. The molecule has 0 bridgehead atoms. The van der Waals surface area contributed by atoms with Crippen molar-refractivity contribution in [3.05, 3.63) is 62.6 Å². The number of aryl methyl sites for hydroxylation is 1.